The number of aromatic hydroxyl groups is 1. The molecule has 1 aliphatic rings. The molecule has 1 N–H and O–H groups in total. The van der Waals surface area contributed by atoms with Crippen molar-refractivity contribution in [3.8, 4) is 5.75 Å². The van der Waals surface area contributed by atoms with E-state index in [0.29, 0.717) is 17.8 Å². The molecule has 2 aromatic carbocycles. The number of hydrogen-bond donors (Lipinski definition) is 1. The van der Waals surface area contributed by atoms with Crippen molar-refractivity contribution in [1.82, 2.24) is 9.91 Å². The van der Waals surface area contributed by atoms with Gasteiger partial charge in [0.25, 0.3) is 11.8 Å². The number of phenolic OH excluding ortho intramolecular Hbond substituents is 1. The van der Waals surface area contributed by atoms with Crippen molar-refractivity contribution >= 4 is 17.5 Å². The van der Waals surface area contributed by atoms with Gasteiger partial charge in [0.1, 0.15) is 5.75 Å². The number of nitrogens with zero attached hydrogens (tertiary/aromatic N) is 3. The highest BCUT2D eigenvalue weighted by molar-refractivity contribution is 6.20. The topological polar surface area (TPSA) is 73.2 Å². The molecule has 1 atom stereocenters. The summed E-state index contributed by atoms with van der Waals surface area (Å²) >= 11 is 0. The molecule has 0 saturated carbocycles. The number of hydrogen-bond acceptors (Lipinski definition) is 5. The second-order valence-electron chi connectivity index (χ2n) is 7.38. The summed E-state index contributed by atoms with van der Waals surface area (Å²) in [7, 11) is 1.96. The molecule has 6 heteroatoms. The van der Waals surface area contributed by atoms with E-state index in [1.165, 1.54) is 0 Å². The maximum Gasteiger partial charge on any atom is 0.260 e. The van der Waals surface area contributed by atoms with E-state index in [-0.39, 0.29) is 24.0 Å². The number of unbranched alkanes of at least 4 members (excludes halogenated alkanes) is 1. The minimum Gasteiger partial charge on any atom is -0.507 e. The van der Waals surface area contributed by atoms with Gasteiger partial charge in [-0.3, -0.25) is 9.59 Å². The molecule has 1 aliphatic heterocycles. The normalized spacial score (nSPS) is 16.4. The molecule has 0 fully saturated rings. The van der Waals surface area contributed by atoms with Gasteiger partial charge in [-0.15, -0.1) is 0 Å². The van der Waals surface area contributed by atoms with Crippen molar-refractivity contribution < 1.29 is 14.7 Å². The predicted octanol–water partition coefficient (Wildman–Crippen LogP) is 3.06. The first-order chi connectivity index (χ1) is 14.0. The third kappa shape index (κ3) is 4.90. The van der Waals surface area contributed by atoms with Crippen LogP contribution in [0.5, 0.6) is 5.75 Å². The number of rotatable bonds is 8. The zero-order valence-electron chi connectivity index (χ0n) is 16.9. The van der Waals surface area contributed by atoms with Crippen molar-refractivity contribution in [1.29, 1.82) is 0 Å². The van der Waals surface area contributed by atoms with Crippen molar-refractivity contribution in [3.05, 3.63) is 65.7 Å². The lowest BCUT2D eigenvalue weighted by atomic mass is 9.95. The average molecular weight is 393 g/mol. The SMILES string of the molecule is CCCCN(C)C[C@@H]1C(=O)N(C(=O)Cc2ccccc2)N=C1c1ccccc1O. The van der Waals surface area contributed by atoms with Crippen LogP contribution in [0.15, 0.2) is 59.7 Å². The Morgan fingerprint density at radius 1 is 1.14 bits per heavy atom. The molecule has 2 amide bonds. The summed E-state index contributed by atoms with van der Waals surface area (Å²) in [4.78, 5) is 28.0. The zero-order valence-corrected chi connectivity index (χ0v) is 16.9. The molecule has 29 heavy (non-hydrogen) atoms. The second kappa shape index (κ2) is 9.47. The number of carbonyl (C=O) groups excluding carboxylic acids is 2. The van der Waals surface area contributed by atoms with E-state index in [4.69, 9.17) is 0 Å². The van der Waals surface area contributed by atoms with Crippen LogP contribution in [-0.2, 0) is 16.0 Å². The van der Waals surface area contributed by atoms with E-state index < -0.39 is 5.92 Å². The van der Waals surface area contributed by atoms with Crippen LogP contribution in [0.2, 0.25) is 0 Å². The van der Waals surface area contributed by atoms with Crippen LogP contribution in [0, 0.1) is 5.92 Å². The van der Waals surface area contributed by atoms with E-state index in [1.807, 2.05) is 37.4 Å². The lowest BCUT2D eigenvalue weighted by Gasteiger charge is -2.21. The fourth-order valence-electron chi connectivity index (χ4n) is 3.44. The number of phenols is 1. The standard InChI is InChI=1S/C23H27N3O3/c1-3-4-14-25(2)16-19-22(18-12-8-9-13-20(18)27)24-26(23(19)29)21(28)15-17-10-6-5-7-11-17/h5-13,19,27H,3-4,14-16H2,1-2H3/t19-/m0/s1. The zero-order chi connectivity index (χ0) is 20.8. The van der Waals surface area contributed by atoms with Crippen LogP contribution < -0.4 is 0 Å². The van der Waals surface area contributed by atoms with E-state index in [9.17, 15) is 14.7 Å². The Bertz CT molecular complexity index is 895. The molecule has 6 nitrogen and oxygen atoms in total. The van der Waals surface area contributed by atoms with Crippen LogP contribution in [0.1, 0.15) is 30.9 Å². The highest BCUT2D eigenvalue weighted by Gasteiger charge is 2.40. The van der Waals surface area contributed by atoms with Gasteiger partial charge in [-0.1, -0.05) is 55.8 Å². The second-order valence-corrected chi connectivity index (χ2v) is 7.38. The molecule has 0 saturated heterocycles. The maximum absolute atomic E-state index is 13.1. The number of hydrazone groups is 1. The smallest absolute Gasteiger partial charge is 0.260 e. The average Bonchev–Trinajstić information content (AvgIpc) is 3.04. The van der Waals surface area contributed by atoms with Gasteiger partial charge in [0, 0.05) is 12.1 Å². The third-order valence-electron chi connectivity index (χ3n) is 5.05. The minimum absolute atomic E-state index is 0.0534. The van der Waals surface area contributed by atoms with Gasteiger partial charge in [-0.25, -0.2) is 0 Å². The molecule has 0 aromatic heterocycles. The molecule has 3 rings (SSSR count). The van der Waals surface area contributed by atoms with Crippen molar-refractivity contribution in [2.45, 2.75) is 26.2 Å². The van der Waals surface area contributed by atoms with Crippen LogP contribution in [0.25, 0.3) is 0 Å². The van der Waals surface area contributed by atoms with Gasteiger partial charge in [0.15, 0.2) is 0 Å². The van der Waals surface area contributed by atoms with Crippen molar-refractivity contribution in [2.75, 3.05) is 20.1 Å². The van der Waals surface area contributed by atoms with Crippen LogP contribution in [-0.4, -0.2) is 52.7 Å². The van der Waals surface area contributed by atoms with E-state index in [1.54, 1.807) is 24.3 Å². The van der Waals surface area contributed by atoms with E-state index >= 15 is 0 Å². The number of benzene rings is 2. The lowest BCUT2D eigenvalue weighted by molar-refractivity contribution is -0.144. The molecular formula is C23H27N3O3. The number of imide groups is 1. The molecule has 1 heterocycles. The Morgan fingerprint density at radius 3 is 2.52 bits per heavy atom. The number of para-hydroxylation sites is 1. The molecule has 0 radical (unpaired) electrons. The molecular weight excluding hydrogens is 366 g/mol. The summed E-state index contributed by atoms with van der Waals surface area (Å²) in [5.41, 5.74) is 1.76. The summed E-state index contributed by atoms with van der Waals surface area (Å²) in [5.74, 6) is -1.25. The molecule has 0 unspecified atom stereocenters. The molecule has 0 bridgehead atoms. The Morgan fingerprint density at radius 2 is 1.83 bits per heavy atom. The summed E-state index contributed by atoms with van der Waals surface area (Å²) in [6.07, 6.45) is 2.19. The number of amides is 2. The molecule has 152 valence electrons. The van der Waals surface area contributed by atoms with Crippen LogP contribution in [0.3, 0.4) is 0 Å². The summed E-state index contributed by atoms with van der Waals surface area (Å²) in [6, 6.07) is 16.1. The number of carbonyl (C=O) groups is 2. The third-order valence-corrected chi connectivity index (χ3v) is 5.05. The Labute approximate surface area is 171 Å². The van der Waals surface area contributed by atoms with Crippen molar-refractivity contribution in [3.63, 3.8) is 0 Å². The van der Waals surface area contributed by atoms with Gasteiger partial charge in [-0.05, 0) is 37.7 Å². The summed E-state index contributed by atoms with van der Waals surface area (Å²) in [6.45, 7) is 3.42. The molecule has 0 spiro atoms. The summed E-state index contributed by atoms with van der Waals surface area (Å²) < 4.78 is 0. The maximum atomic E-state index is 13.1. The fourth-order valence-corrected chi connectivity index (χ4v) is 3.44. The van der Waals surface area contributed by atoms with Crippen molar-refractivity contribution in [2.24, 2.45) is 11.0 Å². The van der Waals surface area contributed by atoms with E-state index in [0.717, 1.165) is 30.0 Å². The quantitative estimate of drug-likeness (QED) is 0.748. The van der Waals surface area contributed by atoms with E-state index in [2.05, 4.69) is 16.9 Å². The molecule has 2 aromatic rings. The van der Waals surface area contributed by atoms with Crippen LogP contribution >= 0.6 is 0 Å². The van der Waals surface area contributed by atoms with Crippen LogP contribution in [0.4, 0.5) is 0 Å². The first-order valence-electron chi connectivity index (χ1n) is 9.97. The van der Waals surface area contributed by atoms with Gasteiger partial charge < -0.3 is 10.0 Å². The first-order valence-corrected chi connectivity index (χ1v) is 9.97. The largest absolute Gasteiger partial charge is 0.507 e. The predicted molar refractivity (Wildman–Crippen MR) is 113 cm³/mol. The Balaban J connectivity index is 1.87. The Kier molecular flexibility index (Phi) is 6.77. The minimum atomic E-state index is -0.593. The van der Waals surface area contributed by atoms with Gasteiger partial charge >= 0.3 is 0 Å². The lowest BCUT2D eigenvalue weighted by Crippen LogP contribution is -2.39. The monoisotopic (exact) mass is 393 g/mol. The van der Waals surface area contributed by atoms with Gasteiger partial charge in [-0.2, -0.15) is 10.1 Å². The highest BCUT2D eigenvalue weighted by atomic mass is 16.3. The van der Waals surface area contributed by atoms with Gasteiger partial charge in [0.2, 0.25) is 0 Å². The first kappa shape index (κ1) is 20.7. The van der Waals surface area contributed by atoms with Gasteiger partial charge in [0.05, 0.1) is 18.1 Å². The fraction of sp³-hybridized carbons (Fsp3) is 0.348. The highest BCUT2D eigenvalue weighted by Crippen LogP contribution is 2.27. The Hall–Kier alpha value is -2.99. The summed E-state index contributed by atoms with van der Waals surface area (Å²) in [5, 5.41) is 15.7. The molecule has 0 aliphatic carbocycles.